The third-order valence-electron chi connectivity index (χ3n) is 6.43. The third kappa shape index (κ3) is 4.56. The molecule has 5 rings (SSSR count). The molecule has 0 bridgehead atoms. The Labute approximate surface area is 193 Å². The lowest BCUT2D eigenvalue weighted by molar-refractivity contribution is 0.0697. The molecule has 6 heteroatoms. The molecular formula is C27H26N4O2. The molecule has 1 N–H and O–H groups in total. The maximum atomic E-state index is 11.8. The molecule has 1 saturated heterocycles. The second kappa shape index (κ2) is 9.00. The summed E-state index contributed by atoms with van der Waals surface area (Å²) in [6.45, 7) is 2.25. The highest BCUT2D eigenvalue weighted by atomic mass is 16.4. The molecule has 0 aliphatic carbocycles. The van der Waals surface area contributed by atoms with E-state index in [-0.39, 0.29) is 5.56 Å². The molecule has 6 nitrogen and oxygen atoms in total. The Morgan fingerprint density at radius 2 is 1.64 bits per heavy atom. The lowest BCUT2D eigenvalue weighted by Crippen LogP contribution is -2.29. The van der Waals surface area contributed by atoms with Crippen LogP contribution >= 0.6 is 0 Å². The smallest absolute Gasteiger partial charge is 0.335 e. The molecule has 166 valence electrons. The zero-order chi connectivity index (χ0) is 22.8. The van der Waals surface area contributed by atoms with Gasteiger partial charge in [0.05, 0.1) is 17.4 Å². The highest BCUT2D eigenvalue weighted by Gasteiger charge is 2.18. The van der Waals surface area contributed by atoms with Gasteiger partial charge in [-0.2, -0.15) is 0 Å². The molecule has 0 spiro atoms. The molecular weight excluding hydrogens is 412 g/mol. The minimum Gasteiger partial charge on any atom is -0.478 e. The van der Waals surface area contributed by atoms with Gasteiger partial charge < -0.3 is 10.0 Å². The van der Waals surface area contributed by atoms with Crippen molar-refractivity contribution in [1.29, 1.82) is 0 Å². The topological polar surface area (TPSA) is 71.2 Å². The summed E-state index contributed by atoms with van der Waals surface area (Å²) in [7, 11) is 2.17. The third-order valence-corrected chi connectivity index (χ3v) is 6.43. The molecule has 3 aromatic carbocycles. The SMILES string of the molecule is CN1CCC(c2ccc(-c3cc(C(=O)O)cc(-n4cc(-c5ccccc5)nn4)c3)cc2)CC1. The molecule has 33 heavy (non-hydrogen) atoms. The van der Waals surface area contributed by atoms with Gasteiger partial charge in [0.25, 0.3) is 0 Å². The van der Waals surface area contributed by atoms with Gasteiger partial charge in [-0.1, -0.05) is 59.8 Å². The Morgan fingerprint density at radius 1 is 0.909 bits per heavy atom. The molecule has 0 radical (unpaired) electrons. The normalized spacial score (nSPS) is 14.9. The molecule has 1 aromatic heterocycles. The Morgan fingerprint density at radius 3 is 2.33 bits per heavy atom. The number of aromatic nitrogens is 3. The van der Waals surface area contributed by atoms with Gasteiger partial charge in [0, 0.05) is 5.56 Å². The van der Waals surface area contributed by atoms with Crippen molar-refractivity contribution in [2.45, 2.75) is 18.8 Å². The first-order chi connectivity index (χ1) is 16.1. The fourth-order valence-electron chi connectivity index (χ4n) is 4.45. The number of carboxylic acids is 1. The number of carbonyl (C=O) groups is 1. The standard InChI is InChI=1S/C27H26N4O2/c1-30-13-11-21(12-14-30)19-7-9-20(10-8-19)23-15-24(27(32)33)17-25(16-23)31-18-26(28-29-31)22-5-3-2-4-6-22/h2-10,15-18,21H,11-14H2,1H3,(H,32,33). The highest BCUT2D eigenvalue weighted by Crippen LogP contribution is 2.31. The number of benzene rings is 3. The molecule has 2 heterocycles. The second-order valence-corrected chi connectivity index (χ2v) is 8.69. The van der Waals surface area contributed by atoms with Crippen LogP contribution in [0.15, 0.2) is 79.0 Å². The first-order valence-corrected chi connectivity index (χ1v) is 11.2. The second-order valence-electron chi connectivity index (χ2n) is 8.69. The molecule has 0 saturated carbocycles. The van der Waals surface area contributed by atoms with Gasteiger partial charge in [-0.15, -0.1) is 5.10 Å². The van der Waals surface area contributed by atoms with Crippen molar-refractivity contribution in [3.63, 3.8) is 0 Å². The lowest BCUT2D eigenvalue weighted by Gasteiger charge is -2.29. The summed E-state index contributed by atoms with van der Waals surface area (Å²) in [6.07, 6.45) is 4.17. The summed E-state index contributed by atoms with van der Waals surface area (Å²) in [4.78, 5) is 14.2. The van der Waals surface area contributed by atoms with Crippen molar-refractivity contribution in [2.24, 2.45) is 0 Å². The minimum absolute atomic E-state index is 0.221. The summed E-state index contributed by atoms with van der Waals surface area (Å²) >= 11 is 0. The number of aromatic carboxylic acids is 1. The van der Waals surface area contributed by atoms with Crippen LogP contribution in [0.25, 0.3) is 28.1 Å². The number of nitrogens with zero attached hydrogens (tertiary/aromatic N) is 4. The van der Waals surface area contributed by atoms with Gasteiger partial charge in [0.2, 0.25) is 0 Å². The van der Waals surface area contributed by atoms with Crippen LogP contribution in [0.4, 0.5) is 0 Å². The Hall–Kier alpha value is -3.77. The van der Waals surface area contributed by atoms with E-state index in [1.807, 2.05) is 42.6 Å². The molecule has 0 amide bonds. The van der Waals surface area contributed by atoms with Crippen molar-refractivity contribution < 1.29 is 9.90 Å². The number of hydrogen-bond acceptors (Lipinski definition) is 4. The Balaban J connectivity index is 1.46. The number of likely N-dealkylation sites (tertiary alicyclic amines) is 1. The first kappa shape index (κ1) is 21.1. The average molecular weight is 439 g/mol. The Kier molecular flexibility index (Phi) is 5.75. The number of rotatable bonds is 5. The fourth-order valence-corrected chi connectivity index (χ4v) is 4.45. The van der Waals surface area contributed by atoms with Crippen LogP contribution in [-0.2, 0) is 0 Å². The van der Waals surface area contributed by atoms with E-state index < -0.39 is 5.97 Å². The largest absolute Gasteiger partial charge is 0.478 e. The summed E-state index contributed by atoms with van der Waals surface area (Å²) in [6, 6.07) is 23.6. The predicted octanol–water partition coefficient (Wildman–Crippen LogP) is 5.11. The number of hydrogen-bond donors (Lipinski definition) is 1. The van der Waals surface area contributed by atoms with Crippen molar-refractivity contribution >= 4 is 5.97 Å². The predicted molar refractivity (Wildman–Crippen MR) is 129 cm³/mol. The van der Waals surface area contributed by atoms with E-state index in [9.17, 15) is 9.90 Å². The summed E-state index contributed by atoms with van der Waals surface area (Å²) in [5.74, 6) is -0.382. The number of piperidine rings is 1. The van der Waals surface area contributed by atoms with Gasteiger partial charge in [0.1, 0.15) is 5.69 Å². The van der Waals surface area contributed by atoms with E-state index in [2.05, 4.69) is 46.5 Å². The van der Waals surface area contributed by atoms with Gasteiger partial charge >= 0.3 is 5.97 Å². The van der Waals surface area contributed by atoms with Crippen LogP contribution in [0.5, 0.6) is 0 Å². The van der Waals surface area contributed by atoms with Crippen molar-refractivity contribution in [1.82, 2.24) is 19.9 Å². The minimum atomic E-state index is -0.968. The van der Waals surface area contributed by atoms with Gasteiger partial charge in [-0.25, -0.2) is 9.48 Å². The van der Waals surface area contributed by atoms with Gasteiger partial charge in [-0.05, 0) is 73.8 Å². The van der Waals surface area contributed by atoms with Crippen LogP contribution in [0.1, 0.15) is 34.7 Å². The van der Waals surface area contributed by atoms with E-state index in [0.717, 1.165) is 35.5 Å². The van der Waals surface area contributed by atoms with Crippen LogP contribution in [0.3, 0.4) is 0 Å². The van der Waals surface area contributed by atoms with Gasteiger partial charge in [-0.3, -0.25) is 0 Å². The van der Waals surface area contributed by atoms with E-state index in [0.29, 0.717) is 11.6 Å². The zero-order valence-electron chi connectivity index (χ0n) is 18.6. The summed E-state index contributed by atoms with van der Waals surface area (Å²) < 4.78 is 1.63. The highest BCUT2D eigenvalue weighted by molar-refractivity contribution is 5.90. The van der Waals surface area contributed by atoms with Gasteiger partial charge in [0.15, 0.2) is 0 Å². The summed E-state index contributed by atoms with van der Waals surface area (Å²) in [5, 5.41) is 18.2. The molecule has 0 unspecified atom stereocenters. The quantitative estimate of drug-likeness (QED) is 0.469. The maximum absolute atomic E-state index is 11.8. The monoisotopic (exact) mass is 438 g/mol. The van der Waals surface area contributed by atoms with Crippen molar-refractivity contribution in [3.8, 4) is 28.1 Å². The molecule has 0 atom stereocenters. The molecule has 1 aliphatic heterocycles. The van der Waals surface area contributed by atoms with Crippen molar-refractivity contribution in [3.05, 3.63) is 90.1 Å². The molecule has 1 aliphatic rings. The number of carboxylic acid groups (broad SMARTS) is 1. The Bertz CT molecular complexity index is 1260. The van der Waals surface area contributed by atoms with E-state index in [1.165, 1.54) is 18.4 Å². The van der Waals surface area contributed by atoms with E-state index >= 15 is 0 Å². The van der Waals surface area contributed by atoms with Crippen LogP contribution in [0.2, 0.25) is 0 Å². The van der Waals surface area contributed by atoms with Crippen LogP contribution in [0, 0.1) is 0 Å². The van der Waals surface area contributed by atoms with E-state index in [1.54, 1.807) is 16.8 Å². The maximum Gasteiger partial charge on any atom is 0.335 e. The summed E-state index contributed by atoms with van der Waals surface area (Å²) in [5.41, 5.74) is 5.77. The van der Waals surface area contributed by atoms with E-state index in [4.69, 9.17) is 0 Å². The molecule has 4 aromatic rings. The zero-order valence-corrected chi connectivity index (χ0v) is 18.6. The van der Waals surface area contributed by atoms with Crippen LogP contribution < -0.4 is 0 Å². The van der Waals surface area contributed by atoms with Crippen LogP contribution in [-0.4, -0.2) is 51.1 Å². The fraction of sp³-hybridized carbons (Fsp3) is 0.222. The first-order valence-electron chi connectivity index (χ1n) is 11.2. The van der Waals surface area contributed by atoms with Crippen molar-refractivity contribution in [2.75, 3.05) is 20.1 Å². The average Bonchev–Trinajstić information content (AvgIpc) is 3.35. The molecule has 1 fully saturated rings. The lowest BCUT2D eigenvalue weighted by atomic mass is 9.88.